The van der Waals surface area contributed by atoms with Crippen LogP contribution in [0.5, 0.6) is 0 Å². The first kappa shape index (κ1) is 15.3. The highest BCUT2D eigenvalue weighted by atomic mass is 16.5. The van der Waals surface area contributed by atoms with Crippen LogP contribution in [0.25, 0.3) is 5.69 Å². The number of para-hydroxylation sites is 1. The van der Waals surface area contributed by atoms with E-state index in [2.05, 4.69) is 15.5 Å². The van der Waals surface area contributed by atoms with Crippen LogP contribution in [0, 0.1) is 17.2 Å². The summed E-state index contributed by atoms with van der Waals surface area (Å²) in [6.45, 7) is 1.71. The lowest BCUT2D eigenvalue weighted by Gasteiger charge is -2.07. The third kappa shape index (κ3) is 3.32. The first-order valence-electron chi connectivity index (χ1n) is 6.59. The van der Waals surface area contributed by atoms with Crippen LogP contribution in [0.4, 0.5) is 0 Å². The fourth-order valence-corrected chi connectivity index (χ4v) is 1.83. The van der Waals surface area contributed by atoms with Gasteiger partial charge in [0.05, 0.1) is 24.8 Å². The van der Waals surface area contributed by atoms with E-state index in [4.69, 9.17) is 10.00 Å². The van der Waals surface area contributed by atoms with Crippen molar-refractivity contribution < 1.29 is 14.3 Å². The van der Waals surface area contributed by atoms with Gasteiger partial charge in [0.15, 0.2) is 11.6 Å². The maximum absolute atomic E-state index is 12.1. The molecule has 2 rings (SSSR count). The largest absolute Gasteiger partial charge is 0.465 e. The summed E-state index contributed by atoms with van der Waals surface area (Å²) in [4.78, 5) is 23.7. The van der Waals surface area contributed by atoms with Gasteiger partial charge in [0.2, 0.25) is 5.92 Å². The maximum atomic E-state index is 12.1. The second-order valence-corrected chi connectivity index (χ2v) is 4.30. The van der Waals surface area contributed by atoms with Crippen LogP contribution in [0.2, 0.25) is 0 Å². The Morgan fingerprint density at radius 2 is 2.09 bits per heavy atom. The van der Waals surface area contributed by atoms with Crippen LogP contribution in [0.1, 0.15) is 12.7 Å². The molecule has 8 nitrogen and oxygen atoms in total. The highest BCUT2D eigenvalue weighted by Gasteiger charge is 2.29. The molecular formula is C14H13N5O3. The zero-order valence-corrected chi connectivity index (χ0v) is 11.8. The topological polar surface area (TPSA) is 111 Å². The molecule has 0 fully saturated rings. The van der Waals surface area contributed by atoms with Crippen LogP contribution < -0.4 is 0 Å². The Kier molecular flexibility index (Phi) is 4.93. The quantitative estimate of drug-likeness (QED) is 0.563. The smallest absolute Gasteiger partial charge is 0.331 e. The monoisotopic (exact) mass is 299 g/mol. The van der Waals surface area contributed by atoms with E-state index in [1.54, 1.807) is 37.3 Å². The highest BCUT2D eigenvalue weighted by Crippen LogP contribution is 2.10. The third-order valence-electron chi connectivity index (χ3n) is 2.84. The first-order valence-corrected chi connectivity index (χ1v) is 6.59. The number of Topliss-reactive ketones (excluding diaryl/α,β-unsaturated/α-hetero) is 1. The summed E-state index contributed by atoms with van der Waals surface area (Å²) in [6, 6.07) is 10.7. The van der Waals surface area contributed by atoms with Gasteiger partial charge in [-0.05, 0) is 29.5 Å². The van der Waals surface area contributed by atoms with E-state index < -0.39 is 17.7 Å². The Bertz CT molecular complexity index is 705. The number of nitrogens with zero attached hydrogens (tertiary/aromatic N) is 5. The second kappa shape index (κ2) is 7.08. The number of aromatic nitrogens is 4. The zero-order valence-electron chi connectivity index (χ0n) is 11.8. The molecule has 112 valence electrons. The Morgan fingerprint density at radius 1 is 1.36 bits per heavy atom. The van der Waals surface area contributed by atoms with Crippen molar-refractivity contribution in [2.24, 2.45) is 5.92 Å². The number of nitriles is 1. The minimum Gasteiger partial charge on any atom is -0.465 e. The molecule has 2 aromatic rings. The summed E-state index contributed by atoms with van der Waals surface area (Å²) in [5.41, 5.74) is 0.681. The fraction of sp³-hybridized carbons (Fsp3) is 0.286. The van der Waals surface area contributed by atoms with Crippen molar-refractivity contribution in [3.05, 3.63) is 36.2 Å². The predicted molar refractivity (Wildman–Crippen MR) is 73.6 cm³/mol. The van der Waals surface area contributed by atoms with Crippen molar-refractivity contribution in [3.63, 3.8) is 0 Å². The van der Waals surface area contributed by atoms with Crippen molar-refractivity contribution in [3.8, 4) is 11.8 Å². The van der Waals surface area contributed by atoms with Crippen molar-refractivity contribution in [2.45, 2.75) is 13.3 Å². The Hall–Kier alpha value is -3.08. The minimum absolute atomic E-state index is 0.103. The Balaban J connectivity index is 2.18. The molecular weight excluding hydrogens is 286 g/mol. The van der Waals surface area contributed by atoms with Crippen molar-refractivity contribution in [2.75, 3.05) is 6.61 Å². The van der Waals surface area contributed by atoms with Gasteiger partial charge in [-0.3, -0.25) is 9.59 Å². The molecule has 0 N–H and O–H groups in total. The van der Waals surface area contributed by atoms with Gasteiger partial charge in [-0.25, -0.2) is 0 Å². The standard InChI is InChI=1S/C14H13N5O3/c1-2-22-14(21)11(9-15)12(20)8-13-16-17-18-19(13)10-6-4-3-5-7-10/h3-7,11H,2,8H2,1H3. The van der Waals surface area contributed by atoms with Gasteiger partial charge >= 0.3 is 5.97 Å². The summed E-state index contributed by atoms with van der Waals surface area (Å²) in [5.74, 6) is -2.68. The summed E-state index contributed by atoms with van der Waals surface area (Å²) in [7, 11) is 0. The molecule has 1 heterocycles. The number of benzene rings is 1. The molecule has 0 radical (unpaired) electrons. The van der Waals surface area contributed by atoms with E-state index in [0.717, 1.165) is 0 Å². The van der Waals surface area contributed by atoms with Gasteiger partial charge in [0.25, 0.3) is 0 Å². The van der Waals surface area contributed by atoms with E-state index in [1.165, 1.54) is 4.68 Å². The maximum Gasteiger partial charge on any atom is 0.331 e. The number of carbonyl (C=O) groups excluding carboxylic acids is 2. The molecule has 1 aromatic carbocycles. The molecule has 0 aliphatic rings. The van der Waals surface area contributed by atoms with Gasteiger partial charge in [0, 0.05) is 0 Å². The molecule has 0 aliphatic heterocycles. The number of tetrazole rings is 1. The molecule has 0 spiro atoms. The van der Waals surface area contributed by atoms with Crippen molar-refractivity contribution >= 4 is 11.8 Å². The zero-order chi connectivity index (χ0) is 15.9. The number of carbonyl (C=O) groups is 2. The molecule has 8 heteroatoms. The Labute approximate surface area is 126 Å². The number of hydrogen-bond donors (Lipinski definition) is 0. The molecule has 22 heavy (non-hydrogen) atoms. The average molecular weight is 299 g/mol. The minimum atomic E-state index is -1.47. The van der Waals surface area contributed by atoms with Gasteiger partial charge in [-0.15, -0.1) is 5.10 Å². The first-order chi connectivity index (χ1) is 10.7. The van der Waals surface area contributed by atoms with Crippen LogP contribution in [-0.2, 0) is 20.7 Å². The number of hydrogen-bond acceptors (Lipinski definition) is 7. The lowest BCUT2D eigenvalue weighted by Crippen LogP contribution is -2.27. The van der Waals surface area contributed by atoms with Crippen molar-refractivity contribution in [1.29, 1.82) is 5.26 Å². The lowest BCUT2D eigenvalue weighted by atomic mass is 10.0. The average Bonchev–Trinajstić information content (AvgIpc) is 2.97. The van der Waals surface area contributed by atoms with E-state index in [1.807, 2.05) is 6.07 Å². The van der Waals surface area contributed by atoms with E-state index in [-0.39, 0.29) is 18.9 Å². The van der Waals surface area contributed by atoms with Gasteiger partial charge < -0.3 is 4.74 Å². The van der Waals surface area contributed by atoms with Gasteiger partial charge in [-0.2, -0.15) is 9.94 Å². The predicted octanol–water partition coefficient (Wildman–Crippen LogP) is 0.477. The number of esters is 1. The third-order valence-corrected chi connectivity index (χ3v) is 2.84. The lowest BCUT2D eigenvalue weighted by molar-refractivity contribution is -0.149. The van der Waals surface area contributed by atoms with Gasteiger partial charge in [0.1, 0.15) is 0 Å². The summed E-state index contributed by atoms with van der Waals surface area (Å²) in [5, 5.41) is 20.1. The summed E-state index contributed by atoms with van der Waals surface area (Å²) < 4.78 is 6.10. The van der Waals surface area contributed by atoms with Crippen LogP contribution in [0.15, 0.2) is 30.3 Å². The normalized spacial score (nSPS) is 11.5. The number of ketones is 1. The van der Waals surface area contributed by atoms with E-state index >= 15 is 0 Å². The summed E-state index contributed by atoms with van der Waals surface area (Å²) in [6.07, 6.45) is -0.237. The SMILES string of the molecule is CCOC(=O)C(C#N)C(=O)Cc1nnnn1-c1ccccc1. The van der Waals surface area contributed by atoms with E-state index in [9.17, 15) is 9.59 Å². The molecule has 1 aromatic heterocycles. The molecule has 0 bridgehead atoms. The molecule has 1 atom stereocenters. The van der Waals surface area contributed by atoms with E-state index in [0.29, 0.717) is 5.69 Å². The van der Waals surface area contributed by atoms with Crippen LogP contribution >= 0.6 is 0 Å². The highest BCUT2D eigenvalue weighted by molar-refractivity contribution is 6.02. The van der Waals surface area contributed by atoms with Crippen LogP contribution in [0.3, 0.4) is 0 Å². The fourth-order valence-electron chi connectivity index (χ4n) is 1.83. The molecule has 0 saturated carbocycles. The van der Waals surface area contributed by atoms with Crippen LogP contribution in [-0.4, -0.2) is 38.6 Å². The number of rotatable bonds is 6. The molecule has 0 saturated heterocycles. The molecule has 1 unspecified atom stereocenters. The molecule has 0 amide bonds. The Morgan fingerprint density at radius 3 is 2.73 bits per heavy atom. The number of ether oxygens (including phenoxy) is 1. The van der Waals surface area contributed by atoms with Gasteiger partial charge in [-0.1, -0.05) is 18.2 Å². The second-order valence-electron chi connectivity index (χ2n) is 4.30. The summed E-state index contributed by atoms with van der Waals surface area (Å²) >= 11 is 0. The molecule has 0 aliphatic carbocycles. The van der Waals surface area contributed by atoms with Crippen molar-refractivity contribution in [1.82, 2.24) is 20.2 Å².